The number of thioether (sulfide) groups is 1. The first-order valence-electron chi connectivity index (χ1n) is 8.13. The molecule has 0 amide bonds. The van der Waals surface area contributed by atoms with Gasteiger partial charge in [0.1, 0.15) is 5.65 Å². The molecule has 4 rings (SSSR count). The van der Waals surface area contributed by atoms with E-state index in [9.17, 15) is 0 Å². The van der Waals surface area contributed by atoms with E-state index in [0.717, 1.165) is 30.5 Å². The molecule has 0 radical (unpaired) electrons. The molecule has 1 aliphatic heterocycles. The Labute approximate surface area is 145 Å². The largest absolute Gasteiger partial charge is 0.346 e. The molecule has 3 aromatic rings. The van der Waals surface area contributed by atoms with Crippen LogP contribution in [0.2, 0.25) is 0 Å². The summed E-state index contributed by atoms with van der Waals surface area (Å²) in [6.45, 7) is 1.82. The van der Waals surface area contributed by atoms with Crippen LogP contribution >= 0.6 is 11.8 Å². The van der Waals surface area contributed by atoms with E-state index in [0.29, 0.717) is 0 Å². The second-order valence-corrected chi connectivity index (χ2v) is 6.83. The SMILES string of the molecule is C1=CSC(CNCc2ccc(-c3ccnc4[nH]ccc34)cc2)=CC1. The van der Waals surface area contributed by atoms with Gasteiger partial charge < -0.3 is 10.3 Å². The molecule has 0 bridgehead atoms. The highest BCUT2D eigenvalue weighted by Gasteiger charge is 2.05. The van der Waals surface area contributed by atoms with E-state index in [1.165, 1.54) is 21.6 Å². The summed E-state index contributed by atoms with van der Waals surface area (Å²) in [6, 6.07) is 12.9. The Morgan fingerprint density at radius 2 is 2.00 bits per heavy atom. The number of aromatic nitrogens is 2. The monoisotopic (exact) mass is 333 g/mol. The van der Waals surface area contributed by atoms with Gasteiger partial charge in [0.2, 0.25) is 0 Å². The zero-order valence-electron chi connectivity index (χ0n) is 13.3. The molecular formula is C20H19N3S. The van der Waals surface area contributed by atoms with Crippen LogP contribution in [0.1, 0.15) is 12.0 Å². The van der Waals surface area contributed by atoms with Crippen molar-refractivity contribution in [1.82, 2.24) is 15.3 Å². The fraction of sp³-hybridized carbons (Fsp3) is 0.150. The van der Waals surface area contributed by atoms with Gasteiger partial charge in [-0.15, -0.1) is 11.8 Å². The number of allylic oxidation sites excluding steroid dienone is 2. The first-order chi connectivity index (χ1) is 11.9. The minimum Gasteiger partial charge on any atom is -0.346 e. The lowest BCUT2D eigenvalue weighted by atomic mass is 10.0. The molecule has 0 atom stereocenters. The Morgan fingerprint density at radius 3 is 2.83 bits per heavy atom. The maximum absolute atomic E-state index is 4.35. The van der Waals surface area contributed by atoms with Gasteiger partial charge in [0.25, 0.3) is 0 Å². The Bertz CT molecular complexity index is 891. The minimum atomic E-state index is 0.887. The van der Waals surface area contributed by atoms with Gasteiger partial charge in [-0.05, 0) is 45.6 Å². The van der Waals surface area contributed by atoms with Crippen LogP contribution in [-0.4, -0.2) is 16.5 Å². The van der Waals surface area contributed by atoms with Crippen LogP contribution in [0.3, 0.4) is 0 Å². The van der Waals surface area contributed by atoms with Gasteiger partial charge in [-0.25, -0.2) is 4.98 Å². The molecule has 1 aromatic carbocycles. The number of benzene rings is 1. The van der Waals surface area contributed by atoms with E-state index >= 15 is 0 Å². The Balaban J connectivity index is 1.43. The average molecular weight is 333 g/mol. The molecule has 0 saturated heterocycles. The van der Waals surface area contributed by atoms with Gasteiger partial charge in [0.15, 0.2) is 0 Å². The average Bonchev–Trinajstić information content (AvgIpc) is 3.12. The number of rotatable bonds is 5. The van der Waals surface area contributed by atoms with E-state index in [1.54, 1.807) is 0 Å². The molecule has 0 aliphatic carbocycles. The lowest BCUT2D eigenvalue weighted by Gasteiger charge is -2.10. The zero-order valence-corrected chi connectivity index (χ0v) is 14.1. The van der Waals surface area contributed by atoms with Crippen molar-refractivity contribution in [2.24, 2.45) is 0 Å². The van der Waals surface area contributed by atoms with Gasteiger partial charge in [-0.3, -0.25) is 0 Å². The van der Waals surface area contributed by atoms with Gasteiger partial charge in [0, 0.05) is 30.9 Å². The predicted octanol–water partition coefficient (Wildman–Crippen LogP) is 4.85. The van der Waals surface area contributed by atoms with Crippen molar-refractivity contribution in [3.63, 3.8) is 0 Å². The third-order valence-corrected chi connectivity index (χ3v) is 5.09. The number of aromatic amines is 1. The van der Waals surface area contributed by atoms with Crippen LogP contribution in [0.4, 0.5) is 0 Å². The second kappa shape index (κ2) is 7.07. The van der Waals surface area contributed by atoms with Crippen molar-refractivity contribution in [2.75, 3.05) is 6.54 Å². The number of nitrogens with zero attached hydrogens (tertiary/aromatic N) is 1. The van der Waals surface area contributed by atoms with E-state index in [-0.39, 0.29) is 0 Å². The number of H-pyrrole nitrogens is 1. The number of fused-ring (bicyclic) bond motifs is 1. The molecule has 3 heterocycles. The summed E-state index contributed by atoms with van der Waals surface area (Å²) in [5, 5.41) is 6.85. The first kappa shape index (κ1) is 15.2. The van der Waals surface area contributed by atoms with Crippen molar-refractivity contribution in [3.8, 4) is 11.1 Å². The normalized spacial score (nSPS) is 14.1. The highest BCUT2D eigenvalue weighted by Crippen LogP contribution is 2.27. The highest BCUT2D eigenvalue weighted by molar-refractivity contribution is 8.05. The third-order valence-electron chi connectivity index (χ3n) is 4.15. The number of hydrogen-bond donors (Lipinski definition) is 2. The number of pyridine rings is 1. The first-order valence-corrected chi connectivity index (χ1v) is 9.01. The Kier molecular flexibility index (Phi) is 4.49. The maximum Gasteiger partial charge on any atom is 0.137 e. The van der Waals surface area contributed by atoms with Crippen molar-refractivity contribution in [3.05, 3.63) is 76.8 Å². The topological polar surface area (TPSA) is 40.7 Å². The Hall–Kier alpha value is -2.30. The van der Waals surface area contributed by atoms with E-state index < -0.39 is 0 Å². The summed E-state index contributed by atoms with van der Waals surface area (Å²) in [7, 11) is 0. The second-order valence-electron chi connectivity index (χ2n) is 5.79. The van der Waals surface area contributed by atoms with Gasteiger partial charge in [-0.1, -0.05) is 36.4 Å². The van der Waals surface area contributed by atoms with Crippen LogP contribution in [0.15, 0.2) is 71.3 Å². The van der Waals surface area contributed by atoms with Crippen LogP contribution in [0.5, 0.6) is 0 Å². The van der Waals surface area contributed by atoms with E-state index in [1.807, 2.05) is 24.2 Å². The van der Waals surface area contributed by atoms with Crippen LogP contribution in [0.25, 0.3) is 22.2 Å². The smallest absolute Gasteiger partial charge is 0.137 e. The number of hydrogen-bond acceptors (Lipinski definition) is 3. The summed E-state index contributed by atoms with van der Waals surface area (Å²) in [5.41, 5.74) is 4.68. The lowest BCUT2D eigenvalue weighted by molar-refractivity contribution is 0.754. The van der Waals surface area contributed by atoms with Gasteiger partial charge >= 0.3 is 0 Å². The van der Waals surface area contributed by atoms with E-state index in [2.05, 4.69) is 69.2 Å². The predicted molar refractivity (Wildman–Crippen MR) is 103 cm³/mol. The van der Waals surface area contributed by atoms with Crippen LogP contribution in [0, 0.1) is 0 Å². The molecule has 1 aliphatic rings. The molecule has 0 unspecified atom stereocenters. The lowest BCUT2D eigenvalue weighted by Crippen LogP contribution is -2.15. The molecule has 120 valence electrons. The van der Waals surface area contributed by atoms with Crippen LogP contribution in [-0.2, 0) is 6.54 Å². The van der Waals surface area contributed by atoms with E-state index in [4.69, 9.17) is 0 Å². The molecule has 0 fully saturated rings. The molecule has 0 saturated carbocycles. The van der Waals surface area contributed by atoms with Gasteiger partial charge in [-0.2, -0.15) is 0 Å². The molecule has 2 N–H and O–H groups in total. The third kappa shape index (κ3) is 3.30. The maximum atomic E-state index is 4.35. The standard InChI is InChI=1S/C20H19N3S/c1-2-12-24-17(3-1)14-21-13-15-4-6-16(7-5-15)18-8-10-22-20-19(18)9-11-23-20/h2-12,21H,1,13-14H2,(H,22,23). The summed E-state index contributed by atoms with van der Waals surface area (Å²) in [4.78, 5) is 8.92. The molecule has 4 heteroatoms. The highest BCUT2D eigenvalue weighted by atomic mass is 32.2. The quantitative estimate of drug-likeness (QED) is 0.701. The summed E-state index contributed by atoms with van der Waals surface area (Å²) >= 11 is 1.81. The molecule has 0 spiro atoms. The van der Waals surface area contributed by atoms with Gasteiger partial charge in [0.05, 0.1) is 0 Å². The number of nitrogens with one attached hydrogen (secondary N) is 2. The van der Waals surface area contributed by atoms with Crippen molar-refractivity contribution >= 4 is 22.8 Å². The van der Waals surface area contributed by atoms with Crippen molar-refractivity contribution in [1.29, 1.82) is 0 Å². The fourth-order valence-corrected chi connectivity index (χ4v) is 3.66. The van der Waals surface area contributed by atoms with Crippen molar-refractivity contribution in [2.45, 2.75) is 13.0 Å². The summed E-state index contributed by atoms with van der Waals surface area (Å²) in [5.74, 6) is 0. The molecule has 3 nitrogen and oxygen atoms in total. The molecule has 24 heavy (non-hydrogen) atoms. The molecular weight excluding hydrogens is 314 g/mol. The fourth-order valence-electron chi connectivity index (χ4n) is 2.90. The Morgan fingerprint density at radius 1 is 1.08 bits per heavy atom. The minimum absolute atomic E-state index is 0.887. The van der Waals surface area contributed by atoms with Crippen molar-refractivity contribution < 1.29 is 0 Å². The summed E-state index contributed by atoms with van der Waals surface area (Å²) in [6.07, 6.45) is 9.32. The molecule has 2 aromatic heterocycles. The van der Waals surface area contributed by atoms with Crippen LogP contribution < -0.4 is 5.32 Å². The summed E-state index contributed by atoms with van der Waals surface area (Å²) < 4.78 is 0. The zero-order chi connectivity index (χ0) is 16.2.